The number of aryl methyl sites for hydroxylation is 1. The zero-order valence-electron chi connectivity index (χ0n) is 13.7. The van der Waals surface area contributed by atoms with Crippen molar-refractivity contribution in [2.75, 3.05) is 25.1 Å². The van der Waals surface area contributed by atoms with Gasteiger partial charge < -0.3 is 19.5 Å². The molecule has 0 saturated heterocycles. The third kappa shape index (κ3) is 4.41. The van der Waals surface area contributed by atoms with Crippen molar-refractivity contribution < 1.29 is 19.0 Å². The normalized spacial score (nSPS) is 12.5. The average molecular weight is 327 g/mol. The van der Waals surface area contributed by atoms with Gasteiger partial charge in [0.05, 0.1) is 6.61 Å². The van der Waals surface area contributed by atoms with Crippen LogP contribution in [0.25, 0.3) is 0 Å². The fourth-order valence-corrected chi connectivity index (χ4v) is 2.40. The number of nitrogens with one attached hydrogen (secondary N) is 1. The van der Waals surface area contributed by atoms with E-state index in [4.69, 9.17) is 14.2 Å². The third-order valence-corrected chi connectivity index (χ3v) is 3.66. The Labute approximate surface area is 141 Å². The van der Waals surface area contributed by atoms with E-state index < -0.39 is 0 Å². The highest BCUT2D eigenvalue weighted by Crippen LogP contribution is 2.32. The van der Waals surface area contributed by atoms with Crippen molar-refractivity contribution in [3.63, 3.8) is 0 Å². The van der Waals surface area contributed by atoms with Crippen LogP contribution in [0.4, 0.5) is 5.69 Å². The lowest BCUT2D eigenvalue weighted by atomic mass is 10.2. The van der Waals surface area contributed by atoms with Gasteiger partial charge in [-0.1, -0.05) is 17.7 Å². The predicted octanol–water partition coefficient (Wildman–Crippen LogP) is 3.56. The lowest BCUT2D eigenvalue weighted by Gasteiger charge is -2.19. The molecule has 1 aliphatic heterocycles. The van der Waals surface area contributed by atoms with Crippen LogP contribution in [-0.2, 0) is 4.79 Å². The molecule has 0 bridgehead atoms. The Balaban J connectivity index is 1.41. The molecule has 1 amide bonds. The highest BCUT2D eigenvalue weighted by atomic mass is 16.6. The first-order valence-corrected chi connectivity index (χ1v) is 8.10. The van der Waals surface area contributed by atoms with E-state index in [1.54, 1.807) is 6.07 Å². The van der Waals surface area contributed by atoms with Crippen LogP contribution < -0.4 is 19.5 Å². The Hall–Kier alpha value is -2.69. The molecule has 0 aliphatic carbocycles. The van der Waals surface area contributed by atoms with E-state index in [0.29, 0.717) is 49.8 Å². The topological polar surface area (TPSA) is 56.8 Å². The molecule has 5 nitrogen and oxygen atoms in total. The smallest absolute Gasteiger partial charge is 0.224 e. The van der Waals surface area contributed by atoms with Crippen molar-refractivity contribution in [1.82, 2.24) is 0 Å². The predicted molar refractivity (Wildman–Crippen MR) is 92.0 cm³/mol. The standard InChI is InChI=1S/C19H21NO4/c1-14-4-7-16(8-5-14)22-10-2-3-19(21)20-15-6-9-17-18(13-15)24-12-11-23-17/h4-9,13H,2-3,10-12H2,1H3,(H,20,21). The fraction of sp³-hybridized carbons (Fsp3) is 0.316. The van der Waals surface area contributed by atoms with Gasteiger partial charge in [-0.2, -0.15) is 0 Å². The molecule has 1 aliphatic rings. The summed E-state index contributed by atoms with van der Waals surface area (Å²) in [5.74, 6) is 2.17. The van der Waals surface area contributed by atoms with Crippen LogP contribution in [0.5, 0.6) is 17.2 Å². The van der Waals surface area contributed by atoms with E-state index in [9.17, 15) is 4.79 Å². The second kappa shape index (κ2) is 7.73. The monoisotopic (exact) mass is 327 g/mol. The van der Waals surface area contributed by atoms with Gasteiger partial charge in [0.25, 0.3) is 0 Å². The van der Waals surface area contributed by atoms with E-state index >= 15 is 0 Å². The molecule has 24 heavy (non-hydrogen) atoms. The Kier molecular flexibility index (Phi) is 5.21. The summed E-state index contributed by atoms with van der Waals surface area (Å²) >= 11 is 0. The minimum Gasteiger partial charge on any atom is -0.494 e. The highest BCUT2D eigenvalue weighted by Gasteiger charge is 2.12. The number of hydrogen-bond acceptors (Lipinski definition) is 4. The SMILES string of the molecule is Cc1ccc(OCCCC(=O)Nc2ccc3c(c2)OCCO3)cc1. The number of benzene rings is 2. The van der Waals surface area contributed by atoms with E-state index in [1.165, 1.54) is 5.56 Å². The molecular formula is C19H21NO4. The lowest BCUT2D eigenvalue weighted by Crippen LogP contribution is -2.16. The van der Waals surface area contributed by atoms with Crippen LogP contribution in [0, 0.1) is 6.92 Å². The minimum atomic E-state index is -0.0424. The molecule has 5 heteroatoms. The van der Waals surface area contributed by atoms with Gasteiger partial charge in [0.1, 0.15) is 19.0 Å². The molecule has 1 N–H and O–H groups in total. The Morgan fingerprint density at radius 1 is 1.08 bits per heavy atom. The van der Waals surface area contributed by atoms with Crippen molar-refractivity contribution in [2.24, 2.45) is 0 Å². The van der Waals surface area contributed by atoms with Gasteiger partial charge in [-0.25, -0.2) is 0 Å². The molecule has 0 spiro atoms. The number of ether oxygens (including phenoxy) is 3. The molecule has 2 aromatic rings. The molecule has 0 saturated carbocycles. The number of rotatable bonds is 6. The first-order valence-electron chi connectivity index (χ1n) is 8.10. The summed E-state index contributed by atoms with van der Waals surface area (Å²) < 4.78 is 16.6. The summed E-state index contributed by atoms with van der Waals surface area (Å²) in [5, 5.41) is 2.87. The maximum absolute atomic E-state index is 12.0. The van der Waals surface area contributed by atoms with E-state index in [2.05, 4.69) is 5.32 Å². The summed E-state index contributed by atoms with van der Waals surface area (Å²) in [5.41, 5.74) is 1.91. The van der Waals surface area contributed by atoms with Crippen LogP contribution in [0.3, 0.4) is 0 Å². The maximum Gasteiger partial charge on any atom is 0.224 e. The maximum atomic E-state index is 12.0. The van der Waals surface area contributed by atoms with Crippen molar-refractivity contribution in [3.8, 4) is 17.2 Å². The van der Waals surface area contributed by atoms with Gasteiger partial charge in [-0.05, 0) is 37.6 Å². The van der Waals surface area contributed by atoms with E-state index in [1.807, 2.05) is 43.3 Å². The Bertz CT molecular complexity index is 697. The number of carbonyl (C=O) groups is 1. The zero-order valence-corrected chi connectivity index (χ0v) is 13.7. The number of fused-ring (bicyclic) bond motifs is 1. The Morgan fingerprint density at radius 3 is 2.62 bits per heavy atom. The van der Waals surface area contributed by atoms with Crippen molar-refractivity contribution in [2.45, 2.75) is 19.8 Å². The van der Waals surface area contributed by atoms with Gasteiger partial charge in [0, 0.05) is 18.2 Å². The summed E-state index contributed by atoms with van der Waals surface area (Å²) in [6.07, 6.45) is 1.06. The molecule has 126 valence electrons. The summed E-state index contributed by atoms with van der Waals surface area (Å²) in [6, 6.07) is 13.3. The molecule has 2 aromatic carbocycles. The van der Waals surface area contributed by atoms with Crippen LogP contribution >= 0.6 is 0 Å². The molecule has 0 atom stereocenters. The van der Waals surface area contributed by atoms with Crippen LogP contribution in [0.2, 0.25) is 0 Å². The van der Waals surface area contributed by atoms with Crippen LogP contribution in [0.1, 0.15) is 18.4 Å². The highest BCUT2D eigenvalue weighted by molar-refractivity contribution is 5.91. The first-order chi connectivity index (χ1) is 11.7. The molecular weight excluding hydrogens is 306 g/mol. The van der Waals surface area contributed by atoms with Crippen molar-refractivity contribution in [1.29, 1.82) is 0 Å². The molecule has 3 rings (SSSR count). The first kappa shape index (κ1) is 16.2. The van der Waals surface area contributed by atoms with Crippen LogP contribution in [0.15, 0.2) is 42.5 Å². The zero-order chi connectivity index (χ0) is 16.8. The van der Waals surface area contributed by atoms with Crippen molar-refractivity contribution in [3.05, 3.63) is 48.0 Å². The van der Waals surface area contributed by atoms with Gasteiger partial charge in [0.2, 0.25) is 5.91 Å². The van der Waals surface area contributed by atoms with Gasteiger partial charge in [-0.15, -0.1) is 0 Å². The molecule has 0 aromatic heterocycles. The fourth-order valence-electron chi connectivity index (χ4n) is 2.40. The largest absolute Gasteiger partial charge is 0.494 e. The summed E-state index contributed by atoms with van der Waals surface area (Å²) in [4.78, 5) is 12.0. The molecule has 0 unspecified atom stereocenters. The molecule has 0 radical (unpaired) electrons. The number of anilines is 1. The summed E-state index contributed by atoms with van der Waals surface area (Å²) in [6.45, 7) is 3.63. The van der Waals surface area contributed by atoms with Gasteiger partial charge in [-0.3, -0.25) is 4.79 Å². The third-order valence-electron chi connectivity index (χ3n) is 3.66. The Morgan fingerprint density at radius 2 is 1.83 bits per heavy atom. The van der Waals surface area contributed by atoms with Crippen LogP contribution in [-0.4, -0.2) is 25.7 Å². The second-order valence-corrected chi connectivity index (χ2v) is 5.67. The lowest BCUT2D eigenvalue weighted by molar-refractivity contribution is -0.116. The van der Waals surface area contributed by atoms with Crippen molar-refractivity contribution >= 4 is 11.6 Å². The molecule has 1 heterocycles. The molecule has 0 fully saturated rings. The van der Waals surface area contributed by atoms with E-state index in [0.717, 1.165) is 5.75 Å². The second-order valence-electron chi connectivity index (χ2n) is 5.67. The van der Waals surface area contributed by atoms with E-state index in [-0.39, 0.29) is 5.91 Å². The quantitative estimate of drug-likeness (QED) is 0.824. The average Bonchev–Trinajstić information content (AvgIpc) is 2.60. The van der Waals surface area contributed by atoms with Gasteiger partial charge in [0.15, 0.2) is 11.5 Å². The minimum absolute atomic E-state index is 0.0424. The van der Waals surface area contributed by atoms with Gasteiger partial charge >= 0.3 is 0 Å². The number of hydrogen-bond donors (Lipinski definition) is 1. The number of carbonyl (C=O) groups excluding carboxylic acids is 1. The summed E-state index contributed by atoms with van der Waals surface area (Å²) in [7, 11) is 0. The number of amides is 1.